The van der Waals surface area contributed by atoms with Gasteiger partial charge in [0.2, 0.25) is 6.71 Å². The molecule has 11 rings (SSSR count). The fourth-order valence-electron chi connectivity index (χ4n) is 10.4. The summed E-state index contributed by atoms with van der Waals surface area (Å²) in [7, 11) is 0. The van der Waals surface area contributed by atoms with Crippen LogP contribution in [-0.4, -0.2) is 6.71 Å². The van der Waals surface area contributed by atoms with E-state index in [-0.39, 0.29) is 17.5 Å². The fraction of sp³-hybridized carbons (Fsp3) is 0.163. The van der Waals surface area contributed by atoms with Crippen molar-refractivity contribution in [1.29, 1.82) is 0 Å². The summed E-state index contributed by atoms with van der Waals surface area (Å²) in [5.74, 6) is 1.80. The molecule has 6 aromatic rings. The largest absolute Gasteiger partial charge is 0.453 e. The van der Waals surface area contributed by atoms with Crippen LogP contribution in [0.4, 0.5) is 17.1 Å². The molecule has 5 aliphatic heterocycles. The molecule has 0 N–H and O–H groups in total. The monoisotopic (exact) mass is 589 g/mol. The molecule has 5 aliphatic rings. The molecule has 0 fully saturated rings. The second kappa shape index (κ2) is 7.85. The smallest absolute Gasteiger partial charge is 0.243 e. The molecule has 1 spiro atoms. The summed E-state index contributed by atoms with van der Waals surface area (Å²) in [5.41, 5.74) is 18.5. The Labute approximate surface area is 270 Å². The van der Waals surface area contributed by atoms with Gasteiger partial charge >= 0.3 is 0 Å². The third-order valence-electron chi connectivity index (χ3n) is 12.2. The highest BCUT2D eigenvalue weighted by Gasteiger charge is 2.59. The van der Waals surface area contributed by atoms with Crippen LogP contribution >= 0.6 is 0 Å². The SMILES string of the molecule is CC1(C)c2cccc3c2B2c4c1cccc4C1(c4ccccc4N4c5ccccc5Oc5cccc1c54)c1cccc(c12)C3(C)C. The molecule has 46 heavy (non-hydrogen) atoms. The molecule has 0 aromatic heterocycles. The average molecular weight is 590 g/mol. The molecule has 0 atom stereocenters. The van der Waals surface area contributed by atoms with Crippen molar-refractivity contribution in [2.75, 3.05) is 4.90 Å². The molecule has 0 bridgehead atoms. The lowest BCUT2D eigenvalue weighted by Gasteiger charge is -2.56. The third kappa shape index (κ3) is 2.53. The predicted molar refractivity (Wildman–Crippen MR) is 188 cm³/mol. The highest BCUT2D eigenvalue weighted by atomic mass is 16.5. The summed E-state index contributed by atoms with van der Waals surface area (Å²) < 4.78 is 6.73. The van der Waals surface area contributed by atoms with Gasteiger partial charge in [-0.15, -0.1) is 0 Å². The van der Waals surface area contributed by atoms with E-state index in [0.717, 1.165) is 22.9 Å². The lowest BCUT2D eigenvalue weighted by Crippen LogP contribution is -2.72. The Hall–Kier alpha value is -5.02. The minimum atomic E-state index is -0.517. The van der Waals surface area contributed by atoms with Crippen molar-refractivity contribution in [2.24, 2.45) is 0 Å². The Balaban J connectivity index is 1.37. The first-order valence-electron chi connectivity index (χ1n) is 16.6. The second-order valence-electron chi connectivity index (χ2n) is 14.8. The Kier molecular flexibility index (Phi) is 4.30. The maximum absolute atomic E-state index is 6.73. The molecule has 6 aromatic carbocycles. The van der Waals surface area contributed by atoms with Crippen LogP contribution in [0.15, 0.2) is 121 Å². The molecule has 0 unspecified atom stereocenters. The molecule has 0 amide bonds. The number of hydrogen-bond donors (Lipinski definition) is 0. The summed E-state index contributed by atoms with van der Waals surface area (Å²) >= 11 is 0. The van der Waals surface area contributed by atoms with E-state index < -0.39 is 5.41 Å². The van der Waals surface area contributed by atoms with Crippen LogP contribution in [0.5, 0.6) is 11.5 Å². The van der Waals surface area contributed by atoms with Crippen LogP contribution in [-0.2, 0) is 16.2 Å². The van der Waals surface area contributed by atoms with Gasteiger partial charge in [-0.25, -0.2) is 0 Å². The minimum absolute atomic E-state index is 0.132. The topological polar surface area (TPSA) is 12.5 Å². The van der Waals surface area contributed by atoms with E-state index >= 15 is 0 Å². The van der Waals surface area contributed by atoms with E-state index in [1.54, 1.807) is 0 Å². The molecule has 0 saturated heterocycles. The van der Waals surface area contributed by atoms with E-state index in [0.29, 0.717) is 0 Å². The lowest BCUT2D eigenvalue weighted by molar-refractivity contribution is 0.473. The number of para-hydroxylation sites is 4. The normalized spacial score (nSPS) is 18.2. The van der Waals surface area contributed by atoms with Gasteiger partial charge in [0.15, 0.2) is 11.5 Å². The molecule has 0 radical (unpaired) electrons. The zero-order chi connectivity index (χ0) is 30.7. The summed E-state index contributed by atoms with van der Waals surface area (Å²) in [6, 6.07) is 45.8. The van der Waals surface area contributed by atoms with Crippen molar-refractivity contribution in [3.8, 4) is 11.5 Å². The van der Waals surface area contributed by atoms with Crippen LogP contribution < -0.4 is 26.0 Å². The molecule has 0 aliphatic carbocycles. The quantitative estimate of drug-likeness (QED) is 0.166. The molecule has 3 heteroatoms. The fourth-order valence-corrected chi connectivity index (χ4v) is 10.4. The van der Waals surface area contributed by atoms with Gasteiger partial charge in [0.1, 0.15) is 0 Å². The molecular formula is C43H32BNO. The maximum atomic E-state index is 6.73. The molecule has 0 saturated carbocycles. The Morgan fingerprint density at radius 3 is 1.50 bits per heavy atom. The zero-order valence-electron chi connectivity index (χ0n) is 26.5. The van der Waals surface area contributed by atoms with Crippen LogP contribution in [0.25, 0.3) is 0 Å². The minimum Gasteiger partial charge on any atom is -0.453 e. The Morgan fingerprint density at radius 2 is 0.870 bits per heavy atom. The van der Waals surface area contributed by atoms with E-state index in [4.69, 9.17) is 4.74 Å². The first-order valence-corrected chi connectivity index (χ1v) is 16.6. The number of anilines is 3. The van der Waals surface area contributed by atoms with Gasteiger partial charge in [-0.05, 0) is 68.8 Å². The van der Waals surface area contributed by atoms with Crippen molar-refractivity contribution in [2.45, 2.75) is 43.9 Å². The van der Waals surface area contributed by atoms with Crippen LogP contribution in [0.2, 0.25) is 0 Å². The van der Waals surface area contributed by atoms with Crippen molar-refractivity contribution < 1.29 is 4.74 Å². The lowest BCUT2D eigenvalue weighted by atomic mass is 9.23. The van der Waals surface area contributed by atoms with Crippen molar-refractivity contribution >= 4 is 40.2 Å². The van der Waals surface area contributed by atoms with Crippen LogP contribution in [0.1, 0.15) is 72.2 Å². The number of rotatable bonds is 0. The van der Waals surface area contributed by atoms with Crippen LogP contribution in [0, 0.1) is 0 Å². The predicted octanol–water partition coefficient (Wildman–Crippen LogP) is 8.07. The summed E-state index contributed by atoms with van der Waals surface area (Å²) in [6.07, 6.45) is 0. The average Bonchev–Trinajstić information content (AvgIpc) is 3.08. The summed E-state index contributed by atoms with van der Waals surface area (Å²) in [4.78, 5) is 2.46. The zero-order valence-corrected chi connectivity index (χ0v) is 26.5. The second-order valence-corrected chi connectivity index (χ2v) is 14.8. The van der Waals surface area contributed by atoms with Crippen molar-refractivity contribution in [1.82, 2.24) is 0 Å². The number of ether oxygens (including phenoxy) is 1. The van der Waals surface area contributed by atoms with Crippen molar-refractivity contribution in [3.05, 3.63) is 166 Å². The maximum Gasteiger partial charge on any atom is 0.243 e. The van der Waals surface area contributed by atoms with Gasteiger partial charge in [-0.3, -0.25) is 0 Å². The van der Waals surface area contributed by atoms with E-state index in [2.05, 4.69) is 154 Å². The summed E-state index contributed by atoms with van der Waals surface area (Å²) in [6.45, 7) is 9.97. The number of nitrogens with zero attached hydrogens (tertiary/aromatic N) is 1. The number of hydrogen-bond acceptors (Lipinski definition) is 2. The standard InChI is InChI=1S/C43H32BNO/c1-41(2)26-14-9-15-27-37(26)44-38-28(41)16-10-18-30(38)43(31-19-11-17-29(39(31)44)42(27,3)4)25-13-5-6-21-33(25)45-34-22-7-8-23-35(34)46-36-24-12-20-32(43)40(36)45/h5-24H,1-4H3. The van der Waals surface area contributed by atoms with Gasteiger partial charge in [0, 0.05) is 10.8 Å². The molecule has 5 heterocycles. The van der Waals surface area contributed by atoms with Gasteiger partial charge < -0.3 is 9.64 Å². The van der Waals surface area contributed by atoms with E-state index in [1.165, 1.54) is 66.6 Å². The number of fused-ring (bicyclic) bond motifs is 8. The van der Waals surface area contributed by atoms with Gasteiger partial charge in [-0.1, -0.05) is 141 Å². The van der Waals surface area contributed by atoms with Gasteiger partial charge in [-0.2, -0.15) is 0 Å². The first-order chi connectivity index (χ1) is 22.4. The number of benzene rings is 6. The highest BCUT2D eigenvalue weighted by Crippen LogP contribution is 2.64. The van der Waals surface area contributed by atoms with E-state index in [1.807, 2.05) is 0 Å². The highest BCUT2D eigenvalue weighted by molar-refractivity contribution is 6.98. The Morgan fingerprint density at radius 1 is 0.435 bits per heavy atom. The molecular weight excluding hydrogens is 557 g/mol. The van der Waals surface area contributed by atoms with Gasteiger partial charge in [0.05, 0.1) is 22.5 Å². The van der Waals surface area contributed by atoms with Crippen molar-refractivity contribution in [3.63, 3.8) is 0 Å². The molecule has 218 valence electrons. The van der Waals surface area contributed by atoms with E-state index in [9.17, 15) is 0 Å². The van der Waals surface area contributed by atoms with Gasteiger partial charge in [0.25, 0.3) is 0 Å². The first kappa shape index (κ1) is 25.2. The summed E-state index contributed by atoms with van der Waals surface area (Å²) in [5, 5.41) is 0. The third-order valence-corrected chi connectivity index (χ3v) is 12.2. The molecule has 2 nitrogen and oxygen atoms in total. The Bertz CT molecular complexity index is 2300. The van der Waals surface area contributed by atoms with Crippen LogP contribution in [0.3, 0.4) is 0 Å².